The molecule has 0 spiro atoms. The van der Waals surface area contributed by atoms with Crippen molar-refractivity contribution in [3.63, 3.8) is 0 Å². The molecule has 0 amide bonds. The minimum absolute atomic E-state index is 0.672. The molecular formula is C10H16ClNOS. The van der Waals surface area contributed by atoms with Crippen LogP contribution in [0, 0.1) is 0 Å². The van der Waals surface area contributed by atoms with Crippen LogP contribution in [-0.2, 0) is 11.3 Å². The molecule has 1 aromatic heterocycles. The van der Waals surface area contributed by atoms with E-state index in [4.69, 9.17) is 16.3 Å². The summed E-state index contributed by atoms with van der Waals surface area (Å²) in [7, 11) is 0. The minimum atomic E-state index is 0.672. The number of nitrogens with one attached hydrogen (secondary N) is 1. The van der Waals surface area contributed by atoms with Gasteiger partial charge in [0.2, 0.25) is 0 Å². The highest BCUT2D eigenvalue weighted by Gasteiger charge is 1.97. The Hall–Kier alpha value is -0.0900. The molecule has 0 aliphatic rings. The summed E-state index contributed by atoms with van der Waals surface area (Å²) in [6.45, 7) is 5.57. The first-order chi connectivity index (χ1) is 6.83. The average molecular weight is 234 g/mol. The smallest absolute Gasteiger partial charge is 0.0932 e. The molecule has 0 aliphatic heterocycles. The van der Waals surface area contributed by atoms with E-state index < -0.39 is 0 Å². The molecule has 1 heterocycles. The number of halogens is 1. The number of hydrogen-bond acceptors (Lipinski definition) is 3. The highest BCUT2D eigenvalue weighted by Crippen LogP contribution is 2.21. The fourth-order valence-corrected chi connectivity index (χ4v) is 2.07. The lowest BCUT2D eigenvalue weighted by molar-refractivity contribution is 0.125. The van der Waals surface area contributed by atoms with Crippen LogP contribution >= 0.6 is 22.9 Å². The second-order valence-electron chi connectivity index (χ2n) is 3.01. The van der Waals surface area contributed by atoms with Crippen LogP contribution in [0.3, 0.4) is 0 Å². The lowest BCUT2D eigenvalue weighted by atomic mass is 10.5. The van der Waals surface area contributed by atoms with Gasteiger partial charge in [0.25, 0.3) is 0 Å². The third kappa shape index (κ3) is 4.96. The van der Waals surface area contributed by atoms with Gasteiger partial charge in [-0.3, -0.25) is 0 Å². The zero-order chi connectivity index (χ0) is 10.2. The van der Waals surface area contributed by atoms with Crippen LogP contribution in [-0.4, -0.2) is 19.7 Å². The topological polar surface area (TPSA) is 21.3 Å². The second-order valence-corrected chi connectivity index (χ2v) is 4.81. The highest BCUT2D eigenvalue weighted by molar-refractivity contribution is 7.16. The van der Waals surface area contributed by atoms with Crippen LogP contribution in [0.25, 0.3) is 0 Å². The maximum absolute atomic E-state index is 5.79. The first kappa shape index (κ1) is 12.0. The Kier molecular flexibility index (Phi) is 6.19. The summed E-state index contributed by atoms with van der Waals surface area (Å²) in [5, 5.41) is 3.28. The van der Waals surface area contributed by atoms with Crippen LogP contribution < -0.4 is 5.32 Å². The molecule has 0 unspecified atom stereocenters. The normalized spacial score (nSPS) is 10.7. The van der Waals surface area contributed by atoms with Crippen molar-refractivity contribution in [2.45, 2.75) is 20.0 Å². The van der Waals surface area contributed by atoms with Gasteiger partial charge in [-0.1, -0.05) is 18.5 Å². The molecule has 0 aromatic carbocycles. The molecule has 0 bridgehead atoms. The van der Waals surface area contributed by atoms with E-state index in [0.29, 0.717) is 6.61 Å². The minimum Gasteiger partial charge on any atom is -0.375 e. The summed E-state index contributed by atoms with van der Waals surface area (Å²) in [6.07, 6.45) is 1.17. The van der Waals surface area contributed by atoms with E-state index >= 15 is 0 Å². The maximum Gasteiger partial charge on any atom is 0.0932 e. The molecule has 1 rings (SSSR count). The molecule has 0 fully saturated rings. The van der Waals surface area contributed by atoms with E-state index in [1.54, 1.807) is 11.3 Å². The maximum atomic E-state index is 5.79. The lowest BCUT2D eigenvalue weighted by Crippen LogP contribution is -2.20. The molecule has 80 valence electrons. The van der Waals surface area contributed by atoms with Crippen LogP contribution in [0.15, 0.2) is 12.1 Å². The van der Waals surface area contributed by atoms with Crippen molar-refractivity contribution in [3.8, 4) is 0 Å². The van der Waals surface area contributed by atoms with Crippen LogP contribution in [0.4, 0.5) is 0 Å². The largest absolute Gasteiger partial charge is 0.375 e. The number of rotatable bonds is 7. The number of hydrogen-bond donors (Lipinski definition) is 1. The molecule has 0 aliphatic carbocycles. The van der Waals surface area contributed by atoms with Gasteiger partial charge in [-0.2, -0.15) is 0 Å². The molecule has 0 saturated heterocycles. The Morgan fingerprint density at radius 2 is 2.29 bits per heavy atom. The van der Waals surface area contributed by atoms with E-state index in [9.17, 15) is 0 Å². The van der Waals surface area contributed by atoms with Crippen LogP contribution in [0.5, 0.6) is 0 Å². The summed E-state index contributed by atoms with van der Waals surface area (Å²) in [5.74, 6) is 0. The summed E-state index contributed by atoms with van der Waals surface area (Å²) in [4.78, 5) is 1.19. The molecule has 14 heavy (non-hydrogen) atoms. The Morgan fingerprint density at radius 3 is 2.93 bits per heavy atom. The molecule has 1 N–H and O–H groups in total. The van der Waals surface area contributed by atoms with Crippen LogP contribution in [0.1, 0.15) is 18.2 Å². The Morgan fingerprint density at radius 1 is 1.43 bits per heavy atom. The van der Waals surface area contributed by atoms with Crippen molar-refractivity contribution in [1.82, 2.24) is 5.32 Å². The van der Waals surface area contributed by atoms with Crippen LogP contribution in [0.2, 0.25) is 4.34 Å². The number of ether oxygens (including phenoxy) is 1. The van der Waals surface area contributed by atoms with Gasteiger partial charge in [-0.25, -0.2) is 0 Å². The van der Waals surface area contributed by atoms with E-state index in [0.717, 1.165) is 24.0 Å². The second kappa shape index (κ2) is 7.23. The van der Waals surface area contributed by atoms with Crippen molar-refractivity contribution in [1.29, 1.82) is 0 Å². The van der Waals surface area contributed by atoms with E-state index in [2.05, 4.69) is 12.2 Å². The Bertz CT molecular complexity index is 252. The monoisotopic (exact) mass is 233 g/mol. The molecule has 1 aromatic rings. The van der Waals surface area contributed by atoms with Gasteiger partial charge < -0.3 is 10.1 Å². The quantitative estimate of drug-likeness (QED) is 0.732. The standard InChI is InChI=1S/C10H16ClNOS/c1-2-5-12-6-7-13-8-9-3-4-10(11)14-9/h3-4,12H,2,5-8H2,1H3. The van der Waals surface area contributed by atoms with Gasteiger partial charge in [0, 0.05) is 11.4 Å². The highest BCUT2D eigenvalue weighted by atomic mass is 35.5. The fourth-order valence-electron chi connectivity index (χ4n) is 1.05. The first-order valence-electron chi connectivity index (χ1n) is 4.85. The van der Waals surface area contributed by atoms with Gasteiger partial charge >= 0.3 is 0 Å². The first-order valence-corrected chi connectivity index (χ1v) is 6.05. The SMILES string of the molecule is CCCNCCOCc1ccc(Cl)s1. The summed E-state index contributed by atoms with van der Waals surface area (Å²) >= 11 is 7.37. The van der Waals surface area contributed by atoms with Crippen molar-refractivity contribution in [2.75, 3.05) is 19.7 Å². The Labute approximate surface area is 94.2 Å². The summed E-state index contributed by atoms with van der Waals surface area (Å²) in [5.41, 5.74) is 0. The average Bonchev–Trinajstić information content (AvgIpc) is 2.58. The van der Waals surface area contributed by atoms with Crippen molar-refractivity contribution in [2.24, 2.45) is 0 Å². The predicted molar refractivity (Wildman–Crippen MR) is 62.1 cm³/mol. The molecule has 0 atom stereocenters. The Balaban J connectivity index is 1.99. The van der Waals surface area contributed by atoms with Gasteiger partial charge in [-0.05, 0) is 25.1 Å². The predicted octanol–water partition coefficient (Wildman–Crippen LogP) is 2.92. The van der Waals surface area contributed by atoms with E-state index in [-0.39, 0.29) is 0 Å². The van der Waals surface area contributed by atoms with Gasteiger partial charge in [0.05, 0.1) is 17.6 Å². The van der Waals surface area contributed by atoms with E-state index in [1.807, 2.05) is 12.1 Å². The van der Waals surface area contributed by atoms with Crippen molar-refractivity contribution < 1.29 is 4.74 Å². The van der Waals surface area contributed by atoms with E-state index in [1.165, 1.54) is 11.3 Å². The summed E-state index contributed by atoms with van der Waals surface area (Å²) in [6, 6.07) is 3.91. The third-order valence-electron chi connectivity index (χ3n) is 1.72. The van der Waals surface area contributed by atoms with Crippen molar-refractivity contribution >= 4 is 22.9 Å². The van der Waals surface area contributed by atoms with Gasteiger partial charge in [0.15, 0.2) is 0 Å². The zero-order valence-corrected chi connectivity index (χ0v) is 9.96. The molecule has 0 radical (unpaired) electrons. The third-order valence-corrected chi connectivity index (χ3v) is 2.93. The lowest BCUT2D eigenvalue weighted by Gasteiger charge is -2.03. The molecule has 4 heteroatoms. The fraction of sp³-hybridized carbons (Fsp3) is 0.600. The zero-order valence-electron chi connectivity index (χ0n) is 8.38. The number of thiophene rings is 1. The summed E-state index contributed by atoms with van der Waals surface area (Å²) < 4.78 is 6.30. The molecule has 2 nitrogen and oxygen atoms in total. The van der Waals surface area contributed by atoms with Gasteiger partial charge in [-0.15, -0.1) is 11.3 Å². The molecule has 0 saturated carbocycles. The van der Waals surface area contributed by atoms with Crippen molar-refractivity contribution in [3.05, 3.63) is 21.3 Å². The molecular weight excluding hydrogens is 218 g/mol. The van der Waals surface area contributed by atoms with Gasteiger partial charge in [0.1, 0.15) is 0 Å².